The Morgan fingerprint density at radius 1 is 1.53 bits per heavy atom. The number of carboxylic acid groups (broad SMARTS) is 1. The number of hydrogen-bond acceptors (Lipinski definition) is 2. The van der Waals surface area contributed by atoms with Gasteiger partial charge in [-0.05, 0) is 37.0 Å². The molecule has 1 aromatic rings. The predicted molar refractivity (Wildman–Crippen MR) is 74.9 cm³/mol. The highest BCUT2D eigenvalue weighted by molar-refractivity contribution is 6.33. The van der Waals surface area contributed by atoms with Crippen LogP contribution >= 0.6 is 11.6 Å². The molecule has 1 saturated carbocycles. The van der Waals surface area contributed by atoms with Crippen molar-refractivity contribution in [1.82, 2.24) is 0 Å². The van der Waals surface area contributed by atoms with E-state index in [9.17, 15) is 4.79 Å². The van der Waals surface area contributed by atoms with Crippen molar-refractivity contribution in [3.05, 3.63) is 40.9 Å². The van der Waals surface area contributed by atoms with Gasteiger partial charge in [0, 0.05) is 5.41 Å². The first-order valence-electron chi connectivity index (χ1n) is 6.22. The Morgan fingerprint density at radius 2 is 2.21 bits per heavy atom. The van der Waals surface area contributed by atoms with Crippen molar-refractivity contribution < 1.29 is 14.6 Å². The summed E-state index contributed by atoms with van der Waals surface area (Å²) in [6.45, 7) is 6.07. The molecule has 1 aromatic carbocycles. The fourth-order valence-corrected chi connectivity index (χ4v) is 2.60. The molecule has 1 aliphatic carbocycles. The molecule has 3 nitrogen and oxygen atoms in total. The fraction of sp³-hybridized carbons (Fsp3) is 0.400. The number of aliphatic carboxylic acids is 1. The average molecular weight is 281 g/mol. The van der Waals surface area contributed by atoms with Crippen molar-refractivity contribution >= 4 is 17.6 Å². The van der Waals surface area contributed by atoms with Crippen LogP contribution in [0.5, 0.6) is 5.75 Å². The van der Waals surface area contributed by atoms with Crippen molar-refractivity contribution in [3.8, 4) is 5.75 Å². The minimum absolute atomic E-state index is 0.122. The highest BCUT2D eigenvalue weighted by Crippen LogP contribution is 2.54. The summed E-state index contributed by atoms with van der Waals surface area (Å²) >= 11 is 6.35. The molecular formula is C15H17ClO3. The molecule has 0 aliphatic heterocycles. The summed E-state index contributed by atoms with van der Waals surface area (Å²) in [5.74, 6) is -0.194. The maximum Gasteiger partial charge on any atom is 0.304 e. The zero-order valence-electron chi connectivity index (χ0n) is 10.9. The minimum atomic E-state index is -0.790. The van der Waals surface area contributed by atoms with Crippen LogP contribution < -0.4 is 4.74 Å². The minimum Gasteiger partial charge on any atom is -0.488 e. The van der Waals surface area contributed by atoms with Crippen LogP contribution in [0.1, 0.15) is 31.7 Å². The van der Waals surface area contributed by atoms with E-state index in [1.165, 1.54) is 0 Å². The molecule has 0 aromatic heterocycles. The smallest absolute Gasteiger partial charge is 0.304 e. The Balaban J connectivity index is 2.25. The summed E-state index contributed by atoms with van der Waals surface area (Å²) in [6.07, 6.45) is 1.85. The van der Waals surface area contributed by atoms with E-state index in [0.29, 0.717) is 17.4 Å². The lowest BCUT2D eigenvalue weighted by molar-refractivity contribution is -0.137. The van der Waals surface area contributed by atoms with Gasteiger partial charge in [0.05, 0.1) is 11.4 Å². The summed E-state index contributed by atoms with van der Waals surface area (Å²) in [7, 11) is 0. The van der Waals surface area contributed by atoms with Crippen molar-refractivity contribution in [2.75, 3.05) is 6.61 Å². The molecular weight excluding hydrogens is 264 g/mol. The number of halogens is 1. The first kappa shape index (κ1) is 13.9. The van der Waals surface area contributed by atoms with Gasteiger partial charge in [0.1, 0.15) is 12.4 Å². The van der Waals surface area contributed by atoms with Gasteiger partial charge in [-0.15, -0.1) is 0 Å². The van der Waals surface area contributed by atoms with E-state index < -0.39 is 5.97 Å². The van der Waals surface area contributed by atoms with Gasteiger partial charge in [-0.3, -0.25) is 4.79 Å². The number of rotatable bonds is 6. The summed E-state index contributed by atoms with van der Waals surface area (Å²) in [5, 5.41) is 9.53. The Labute approximate surface area is 117 Å². The van der Waals surface area contributed by atoms with Crippen molar-refractivity contribution in [2.45, 2.75) is 31.6 Å². The van der Waals surface area contributed by atoms with Crippen LogP contribution in [0, 0.1) is 0 Å². The van der Waals surface area contributed by atoms with Gasteiger partial charge in [-0.1, -0.05) is 30.3 Å². The lowest BCUT2D eigenvalue weighted by atomic mass is 9.92. The SMILES string of the molecule is C=C(C)COc1cccc(C2(CC(=O)O)CC2)c1Cl. The zero-order chi connectivity index (χ0) is 14.0. The van der Waals surface area contributed by atoms with Crippen LogP contribution in [-0.2, 0) is 10.2 Å². The van der Waals surface area contributed by atoms with E-state index in [4.69, 9.17) is 21.4 Å². The van der Waals surface area contributed by atoms with Gasteiger partial charge in [0.15, 0.2) is 0 Å². The first-order chi connectivity index (χ1) is 8.94. The molecule has 0 amide bonds. The number of ether oxygens (including phenoxy) is 1. The van der Waals surface area contributed by atoms with Crippen LogP contribution in [0.4, 0.5) is 0 Å². The molecule has 0 atom stereocenters. The monoisotopic (exact) mass is 280 g/mol. The second kappa shape index (κ2) is 5.25. The van der Waals surface area contributed by atoms with E-state index in [1.54, 1.807) is 6.07 Å². The molecule has 4 heteroatoms. The molecule has 102 valence electrons. The highest BCUT2D eigenvalue weighted by Gasteiger charge is 2.47. The maximum absolute atomic E-state index is 11.0. The molecule has 0 heterocycles. The molecule has 0 bridgehead atoms. The first-order valence-corrected chi connectivity index (χ1v) is 6.60. The van der Waals surface area contributed by atoms with Crippen LogP contribution in [0.25, 0.3) is 0 Å². The van der Waals surface area contributed by atoms with Crippen LogP contribution in [0.3, 0.4) is 0 Å². The van der Waals surface area contributed by atoms with Crippen molar-refractivity contribution in [2.24, 2.45) is 0 Å². The second-order valence-corrected chi connectivity index (χ2v) is 5.59. The van der Waals surface area contributed by atoms with Gasteiger partial charge in [-0.25, -0.2) is 0 Å². The lowest BCUT2D eigenvalue weighted by Crippen LogP contribution is -2.14. The summed E-state index contributed by atoms with van der Waals surface area (Å²) in [6, 6.07) is 5.55. The molecule has 0 radical (unpaired) electrons. The summed E-state index contributed by atoms with van der Waals surface area (Å²) < 4.78 is 5.59. The fourth-order valence-electron chi connectivity index (χ4n) is 2.21. The molecule has 1 fully saturated rings. The molecule has 2 rings (SSSR count). The molecule has 1 N–H and O–H groups in total. The van der Waals surface area contributed by atoms with E-state index in [0.717, 1.165) is 24.0 Å². The van der Waals surface area contributed by atoms with Gasteiger partial charge < -0.3 is 9.84 Å². The molecule has 0 unspecified atom stereocenters. The van der Waals surface area contributed by atoms with E-state index >= 15 is 0 Å². The number of carboxylic acids is 1. The van der Waals surface area contributed by atoms with E-state index in [1.807, 2.05) is 19.1 Å². The average Bonchev–Trinajstić information content (AvgIpc) is 3.07. The van der Waals surface area contributed by atoms with Crippen LogP contribution in [-0.4, -0.2) is 17.7 Å². The molecule has 1 aliphatic rings. The number of carbonyl (C=O) groups is 1. The third kappa shape index (κ3) is 3.10. The normalized spacial score (nSPS) is 15.9. The van der Waals surface area contributed by atoms with Gasteiger partial charge in [0.25, 0.3) is 0 Å². The summed E-state index contributed by atoms with van der Waals surface area (Å²) in [5.41, 5.74) is 1.50. The standard InChI is InChI=1S/C15H17ClO3/c1-10(2)9-19-12-5-3-4-11(14(12)16)15(6-7-15)8-13(17)18/h3-5H,1,6-9H2,2H3,(H,17,18). The third-order valence-electron chi connectivity index (χ3n) is 3.35. The number of benzene rings is 1. The van der Waals surface area contributed by atoms with Crippen LogP contribution in [0.2, 0.25) is 5.02 Å². The molecule has 0 saturated heterocycles. The van der Waals surface area contributed by atoms with Crippen molar-refractivity contribution in [3.63, 3.8) is 0 Å². The van der Waals surface area contributed by atoms with E-state index in [2.05, 4.69) is 6.58 Å². The van der Waals surface area contributed by atoms with E-state index in [-0.39, 0.29) is 11.8 Å². The van der Waals surface area contributed by atoms with Crippen LogP contribution in [0.15, 0.2) is 30.4 Å². The zero-order valence-corrected chi connectivity index (χ0v) is 11.7. The topological polar surface area (TPSA) is 46.5 Å². The van der Waals surface area contributed by atoms with Gasteiger partial charge in [0.2, 0.25) is 0 Å². The summed E-state index contributed by atoms with van der Waals surface area (Å²) in [4.78, 5) is 11.0. The Morgan fingerprint density at radius 3 is 2.74 bits per heavy atom. The maximum atomic E-state index is 11.0. The predicted octanol–water partition coefficient (Wildman–Crippen LogP) is 3.80. The van der Waals surface area contributed by atoms with Gasteiger partial charge >= 0.3 is 5.97 Å². The third-order valence-corrected chi connectivity index (χ3v) is 3.74. The quantitative estimate of drug-likeness (QED) is 0.806. The Hall–Kier alpha value is -1.48. The Kier molecular flexibility index (Phi) is 3.85. The second-order valence-electron chi connectivity index (χ2n) is 5.21. The largest absolute Gasteiger partial charge is 0.488 e. The van der Waals surface area contributed by atoms with Gasteiger partial charge in [-0.2, -0.15) is 0 Å². The Bertz CT molecular complexity index is 518. The molecule has 19 heavy (non-hydrogen) atoms. The molecule has 0 spiro atoms. The highest BCUT2D eigenvalue weighted by atomic mass is 35.5. The lowest BCUT2D eigenvalue weighted by Gasteiger charge is -2.17. The number of hydrogen-bond donors (Lipinski definition) is 1. The van der Waals surface area contributed by atoms with Crippen molar-refractivity contribution in [1.29, 1.82) is 0 Å².